The van der Waals surface area contributed by atoms with Crippen molar-refractivity contribution in [1.82, 2.24) is 19.9 Å². The quantitative estimate of drug-likeness (QED) is 0.393. The Kier molecular flexibility index (Phi) is 7.76. The molecule has 2 fully saturated rings. The van der Waals surface area contributed by atoms with Gasteiger partial charge >= 0.3 is 0 Å². The summed E-state index contributed by atoms with van der Waals surface area (Å²) in [6, 6.07) is 14.5. The number of aromatic nitrogens is 3. The lowest BCUT2D eigenvalue weighted by Gasteiger charge is -2.34. The molecule has 1 N–H and O–H groups in total. The summed E-state index contributed by atoms with van der Waals surface area (Å²) in [5, 5.41) is 3.41. The van der Waals surface area contributed by atoms with Crippen LogP contribution in [-0.2, 0) is 14.9 Å². The molecule has 10 heteroatoms. The van der Waals surface area contributed by atoms with Crippen LogP contribution in [0.5, 0.6) is 0 Å². The van der Waals surface area contributed by atoms with Crippen LogP contribution >= 0.6 is 0 Å². The van der Waals surface area contributed by atoms with Gasteiger partial charge in [-0.05, 0) is 77.6 Å². The van der Waals surface area contributed by atoms with Crippen LogP contribution in [0.1, 0.15) is 54.5 Å². The molecule has 3 aliphatic rings. The van der Waals surface area contributed by atoms with Gasteiger partial charge in [-0.1, -0.05) is 13.0 Å². The maximum Gasteiger partial charge on any atom is 0.229 e. The van der Waals surface area contributed by atoms with E-state index in [-0.39, 0.29) is 24.4 Å². The minimum atomic E-state index is -0.347. The predicted octanol–water partition coefficient (Wildman–Crippen LogP) is 5.35. The zero-order valence-electron chi connectivity index (χ0n) is 26.3. The van der Waals surface area contributed by atoms with Crippen molar-refractivity contribution >= 4 is 40.7 Å². The predicted molar refractivity (Wildman–Crippen MR) is 174 cm³/mol. The number of likely N-dealkylation sites (N-methyl/N-ethyl adjacent to an activating group) is 1. The monoisotopic (exact) mass is 586 g/mol. The number of hydrogen-bond donors (Lipinski definition) is 1. The van der Waals surface area contributed by atoms with E-state index in [1.165, 1.54) is 5.69 Å². The number of benzene rings is 1. The molecule has 0 radical (unpaired) electrons. The van der Waals surface area contributed by atoms with Crippen LogP contribution in [0.3, 0.4) is 0 Å². The third-order valence-electron chi connectivity index (χ3n) is 8.73. The molecular weight excluding hydrogens is 540 g/mol. The maximum atomic E-state index is 12.7. The van der Waals surface area contributed by atoms with E-state index in [9.17, 15) is 4.79 Å². The molecule has 5 heterocycles. The van der Waals surface area contributed by atoms with Crippen molar-refractivity contribution in [3.63, 3.8) is 0 Å². The fourth-order valence-corrected chi connectivity index (χ4v) is 6.09. The third-order valence-corrected chi connectivity index (χ3v) is 8.73. The van der Waals surface area contributed by atoms with Crippen molar-refractivity contribution < 1.29 is 11.0 Å². The van der Waals surface area contributed by atoms with Gasteiger partial charge in [-0.3, -0.25) is 9.69 Å². The Balaban J connectivity index is 0.00000384. The number of rotatable bonds is 7. The van der Waals surface area contributed by atoms with Gasteiger partial charge in [0.2, 0.25) is 11.9 Å². The molecule has 1 amide bonds. The van der Waals surface area contributed by atoms with E-state index < -0.39 is 0 Å². The van der Waals surface area contributed by atoms with Gasteiger partial charge in [0.25, 0.3) is 0 Å². The summed E-state index contributed by atoms with van der Waals surface area (Å²) >= 11 is 0. The Morgan fingerprint density at radius 3 is 2.44 bits per heavy atom. The van der Waals surface area contributed by atoms with E-state index in [2.05, 4.69) is 85.9 Å². The first-order valence-electron chi connectivity index (χ1n) is 15.4. The van der Waals surface area contributed by atoms with E-state index >= 15 is 0 Å². The molecule has 3 aliphatic heterocycles. The Hall–Kier alpha value is -3.76. The minimum Gasteiger partial charge on any atom is -0.375 e. The fraction of sp³-hybridized carbons (Fsp3) is 0.515. The first-order chi connectivity index (χ1) is 20.5. The van der Waals surface area contributed by atoms with Crippen LogP contribution < -0.4 is 20.0 Å². The highest BCUT2D eigenvalue weighted by molar-refractivity contribution is 5.95. The standard InChI is InChI=1S/C33H44N8O2.H2/c1-23-10-15-29(42)41(23)28-9-7-8-27(36-28)40-21-33(5,22-43-32(2,3)4)26-20-34-31(37-30(26)40)35-24-11-13-25(14-12-24)39-18-16-38(6)17-19-39;/h7-9,11-14,20,23H,10,15-19,21-22H2,1-6H3,(H,34,35,37);1H/t23-,33-;/m0./s1. The van der Waals surface area contributed by atoms with Crippen LogP contribution in [0, 0.1) is 0 Å². The minimum absolute atomic E-state index is 0. The van der Waals surface area contributed by atoms with Crippen molar-refractivity contribution in [2.45, 2.75) is 64.5 Å². The molecule has 0 aliphatic carbocycles. The van der Waals surface area contributed by atoms with Gasteiger partial charge in [-0.2, -0.15) is 4.98 Å². The van der Waals surface area contributed by atoms with Gasteiger partial charge in [0.1, 0.15) is 17.5 Å². The van der Waals surface area contributed by atoms with Crippen molar-refractivity contribution in [3.05, 3.63) is 54.2 Å². The van der Waals surface area contributed by atoms with Crippen molar-refractivity contribution in [1.29, 1.82) is 0 Å². The van der Waals surface area contributed by atoms with E-state index in [4.69, 9.17) is 19.7 Å². The van der Waals surface area contributed by atoms with E-state index in [0.29, 0.717) is 31.3 Å². The van der Waals surface area contributed by atoms with E-state index in [1.807, 2.05) is 29.3 Å². The summed E-state index contributed by atoms with van der Waals surface area (Å²) in [7, 11) is 2.17. The highest BCUT2D eigenvalue weighted by atomic mass is 16.5. The molecule has 0 spiro atoms. The number of hydrogen-bond acceptors (Lipinski definition) is 9. The first kappa shape index (κ1) is 29.3. The summed E-state index contributed by atoms with van der Waals surface area (Å²) < 4.78 is 6.31. The van der Waals surface area contributed by atoms with Crippen molar-refractivity contribution in [2.75, 3.05) is 66.4 Å². The highest BCUT2D eigenvalue weighted by Crippen LogP contribution is 2.44. The van der Waals surface area contributed by atoms with Gasteiger partial charge in [-0.15, -0.1) is 0 Å². The number of piperazine rings is 1. The number of ether oxygens (including phenoxy) is 1. The molecule has 0 saturated carbocycles. The number of nitrogens with zero attached hydrogens (tertiary/aromatic N) is 7. The zero-order valence-corrected chi connectivity index (χ0v) is 26.3. The van der Waals surface area contributed by atoms with Crippen LogP contribution in [0.15, 0.2) is 48.7 Å². The van der Waals surface area contributed by atoms with Crippen LogP contribution in [0.2, 0.25) is 0 Å². The molecule has 1 aromatic carbocycles. The summed E-state index contributed by atoms with van der Waals surface area (Å²) in [5.74, 6) is 2.89. The molecular formula is C33H46N8O2. The molecule has 6 rings (SSSR count). The number of anilines is 6. The largest absolute Gasteiger partial charge is 0.375 e. The summed E-state index contributed by atoms with van der Waals surface area (Å²) in [6.45, 7) is 15.9. The second kappa shape index (κ2) is 11.4. The molecule has 2 saturated heterocycles. The Labute approximate surface area is 256 Å². The highest BCUT2D eigenvalue weighted by Gasteiger charge is 2.43. The molecule has 0 bridgehead atoms. The second-order valence-electron chi connectivity index (χ2n) is 13.4. The van der Waals surface area contributed by atoms with Crippen molar-refractivity contribution in [3.8, 4) is 0 Å². The third kappa shape index (κ3) is 6.17. The lowest BCUT2D eigenvalue weighted by atomic mass is 9.87. The van der Waals surface area contributed by atoms with Gasteiger partial charge in [0, 0.05) is 75.2 Å². The number of carbonyl (C=O) groups excluding carboxylic acids is 1. The van der Waals surface area contributed by atoms with Gasteiger partial charge in [0.05, 0.1) is 12.2 Å². The Morgan fingerprint density at radius 1 is 1.05 bits per heavy atom. The zero-order chi connectivity index (χ0) is 30.4. The fourth-order valence-electron chi connectivity index (χ4n) is 6.09. The Bertz CT molecular complexity index is 1470. The number of pyridine rings is 1. The molecule has 230 valence electrons. The summed E-state index contributed by atoms with van der Waals surface area (Å²) in [5.41, 5.74) is 2.55. The van der Waals surface area contributed by atoms with Crippen LogP contribution in [-0.4, -0.2) is 83.8 Å². The van der Waals surface area contributed by atoms with Crippen LogP contribution in [0.25, 0.3) is 0 Å². The smallest absolute Gasteiger partial charge is 0.229 e. The lowest BCUT2D eigenvalue weighted by molar-refractivity contribution is -0.117. The SMILES string of the molecule is C[C@H]1CCC(=O)N1c1cccc(N2C[C@@](C)(COC(C)(C)C)c3cnc(Nc4ccc(N5CCN(C)CC5)cc4)nc32)n1.[HH]. The molecule has 2 atom stereocenters. The number of nitrogens with one attached hydrogen (secondary N) is 1. The number of amides is 1. The number of fused-ring (bicyclic) bond motifs is 1. The van der Waals surface area contributed by atoms with E-state index in [0.717, 1.165) is 55.5 Å². The molecule has 0 unspecified atom stereocenters. The van der Waals surface area contributed by atoms with Crippen molar-refractivity contribution in [2.24, 2.45) is 0 Å². The van der Waals surface area contributed by atoms with Gasteiger partial charge < -0.3 is 24.8 Å². The molecule has 10 nitrogen and oxygen atoms in total. The topological polar surface area (TPSA) is 90.0 Å². The van der Waals surface area contributed by atoms with Gasteiger partial charge in [0.15, 0.2) is 0 Å². The Morgan fingerprint density at radius 2 is 1.77 bits per heavy atom. The number of carbonyl (C=O) groups is 1. The average Bonchev–Trinajstić information content (AvgIpc) is 3.48. The normalized spacial score (nSPS) is 22.8. The molecule has 2 aromatic heterocycles. The van der Waals surface area contributed by atoms with E-state index in [1.54, 1.807) is 0 Å². The maximum absolute atomic E-state index is 12.7. The van der Waals surface area contributed by atoms with Gasteiger partial charge in [-0.25, -0.2) is 9.97 Å². The lowest BCUT2D eigenvalue weighted by Crippen LogP contribution is -2.44. The average molecular weight is 587 g/mol. The second-order valence-corrected chi connectivity index (χ2v) is 13.4. The molecule has 3 aromatic rings. The van der Waals surface area contributed by atoms with Crippen LogP contribution in [0.4, 0.5) is 34.8 Å². The molecule has 43 heavy (non-hydrogen) atoms. The first-order valence-corrected chi connectivity index (χ1v) is 15.4. The summed E-state index contributed by atoms with van der Waals surface area (Å²) in [6.07, 6.45) is 3.32. The summed E-state index contributed by atoms with van der Waals surface area (Å²) in [4.78, 5) is 36.2.